The maximum atomic E-state index is 11.9. The SMILES string of the molecule is CNC(=O)CCc1csc(NC(=O)Nc2ccc(OC)cc2)n1. The van der Waals surface area contributed by atoms with E-state index in [1.54, 1.807) is 38.4 Å². The van der Waals surface area contributed by atoms with Gasteiger partial charge in [0.1, 0.15) is 5.75 Å². The van der Waals surface area contributed by atoms with Gasteiger partial charge in [0, 0.05) is 24.5 Å². The third kappa shape index (κ3) is 5.26. The number of urea groups is 1. The molecule has 7 nitrogen and oxygen atoms in total. The van der Waals surface area contributed by atoms with Crippen molar-refractivity contribution < 1.29 is 14.3 Å². The number of aromatic nitrogens is 1. The van der Waals surface area contributed by atoms with Crippen LogP contribution in [0.1, 0.15) is 12.1 Å². The van der Waals surface area contributed by atoms with Crippen LogP contribution in [0, 0.1) is 0 Å². The number of carbonyl (C=O) groups excluding carboxylic acids is 2. The number of anilines is 2. The molecular formula is C15H18N4O3S. The fourth-order valence-electron chi connectivity index (χ4n) is 1.78. The Balaban J connectivity index is 1.85. The predicted molar refractivity (Wildman–Crippen MR) is 90.1 cm³/mol. The number of hydrogen-bond acceptors (Lipinski definition) is 5. The van der Waals surface area contributed by atoms with E-state index in [4.69, 9.17) is 4.74 Å². The zero-order valence-electron chi connectivity index (χ0n) is 12.9. The number of nitrogens with one attached hydrogen (secondary N) is 3. The minimum atomic E-state index is -0.373. The highest BCUT2D eigenvalue weighted by Gasteiger charge is 2.08. The van der Waals surface area contributed by atoms with Gasteiger partial charge in [0.25, 0.3) is 0 Å². The topological polar surface area (TPSA) is 92.4 Å². The highest BCUT2D eigenvalue weighted by molar-refractivity contribution is 7.13. The Hall–Kier alpha value is -2.61. The summed E-state index contributed by atoms with van der Waals surface area (Å²) in [7, 11) is 3.18. The molecule has 3 amide bonds. The highest BCUT2D eigenvalue weighted by atomic mass is 32.1. The minimum Gasteiger partial charge on any atom is -0.497 e. The number of aryl methyl sites for hydroxylation is 1. The first kappa shape index (κ1) is 16.8. The number of amides is 3. The molecule has 0 saturated carbocycles. The zero-order chi connectivity index (χ0) is 16.7. The summed E-state index contributed by atoms with van der Waals surface area (Å²) in [5, 5.41) is 10.2. The number of hydrogen-bond donors (Lipinski definition) is 3. The lowest BCUT2D eigenvalue weighted by molar-refractivity contribution is -0.120. The summed E-state index contributed by atoms with van der Waals surface area (Å²) < 4.78 is 5.06. The molecule has 2 aromatic rings. The van der Waals surface area contributed by atoms with Crippen LogP contribution < -0.4 is 20.7 Å². The monoisotopic (exact) mass is 334 g/mol. The molecule has 1 aromatic heterocycles. The van der Waals surface area contributed by atoms with Crippen molar-refractivity contribution in [2.24, 2.45) is 0 Å². The van der Waals surface area contributed by atoms with Crippen molar-refractivity contribution in [2.75, 3.05) is 24.8 Å². The van der Waals surface area contributed by atoms with Crippen LogP contribution in [-0.4, -0.2) is 31.1 Å². The average molecular weight is 334 g/mol. The summed E-state index contributed by atoms with van der Waals surface area (Å²) in [5.74, 6) is 0.682. The van der Waals surface area contributed by atoms with Gasteiger partial charge in [-0.3, -0.25) is 10.1 Å². The molecule has 122 valence electrons. The van der Waals surface area contributed by atoms with E-state index in [1.807, 2.05) is 5.38 Å². The summed E-state index contributed by atoms with van der Waals surface area (Å²) in [6, 6.07) is 6.64. The Morgan fingerprint density at radius 2 is 1.96 bits per heavy atom. The van der Waals surface area contributed by atoms with Crippen LogP contribution in [0.4, 0.5) is 15.6 Å². The molecule has 0 saturated heterocycles. The molecule has 1 aromatic carbocycles. The highest BCUT2D eigenvalue weighted by Crippen LogP contribution is 2.18. The molecule has 8 heteroatoms. The van der Waals surface area contributed by atoms with Gasteiger partial charge in [0.2, 0.25) is 5.91 Å². The van der Waals surface area contributed by atoms with Gasteiger partial charge in [-0.2, -0.15) is 0 Å². The molecule has 0 atom stereocenters. The number of nitrogens with zero attached hydrogens (tertiary/aromatic N) is 1. The molecule has 0 unspecified atom stereocenters. The maximum Gasteiger partial charge on any atom is 0.325 e. The van der Waals surface area contributed by atoms with E-state index in [0.717, 1.165) is 11.4 Å². The lowest BCUT2D eigenvalue weighted by Gasteiger charge is -2.06. The van der Waals surface area contributed by atoms with Gasteiger partial charge in [0.05, 0.1) is 12.8 Å². The Labute approximate surface area is 138 Å². The maximum absolute atomic E-state index is 11.9. The van der Waals surface area contributed by atoms with E-state index in [1.165, 1.54) is 11.3 Å². The van der Waals surface area contributed by atoms with Gasteiger partial charge in [-0.15, -0.1) is 11.3 Å². The standard InChI is InChI=1S/C15H18N4O3S/c1-16-13(20)8-5-11-9-23-15(18-11)19-14(21)17-10-3-6-12(22-2)7-4-10/h3-4,6-7,9H,5,8H2,1-2H3,(H,16,20)(H2,17,18,19,21). The molecule has 3 N–H and O–H groups in total. The first-order valence-electron chi connectivity index (χ1n) is 6.97. The summed E-state index contributed by atoms with van der Waals surface area (Å²) in [6.07, 6.45) is 0.912. The normalized spacial score (nSPS) is 10.0. The Morgan fingerprint density at radius 1 is 1.22 bits per heavy atom. The van der Waals surface area contributed by atoms with Crippen LogP contribution in [0.15, 0.2) is 29.6 Å². The molecule has 0 aliphatic carbocycles. The summed E-state index contributed by atoms with van der Waals surface area (Å²) in [5.41, 5.74) is 1.43. The smallest absolute Gasteiger partial charge is 0.325 e. The zero-order valence-corrected chi connectivity index (χ0v) is 13.7. The second-order valence-electron chi connectivity index (χ2n) is 4.62. The number of thiazole rings is 1. The first-order valence-corrected chi connectivity index (χ1v) is 7.85. The van der Waals surface area contributed by atoms with E-state index < -0.39 is 0 Å². The molecule has 0 aliphatic rings. The Bertz CT molecular complexity index is 670. The van der Waals surface area contributed by atoms with Gasteiger partial charge in [-0.1, -0.05) is 0 Å². The van der Waals surface area contributed by atoms with Crippen molar-refractivity contribution in [3.05, 3.63) is 35.3 Å². The molecule has 0 aliphatic heterocycles. The van der Waals surface area contributed by atoms with Crippen molar-refractivity contribution in [3.63, 3.8) is 0 Å². The average Bonchev–Trinajstić information content (AvgIpc) is 3.00. The van der Waals surface area contributed by atoms with Gasteiger partial charge in [0.15, 0.2) is 5.13 Å². The number of methoxy groups -OCH3 is 1. The third-order valence-corrected chi connectivity index (χ3v) is 3.81. The minimum absolute atomic E-state index is 0.0373. The van der Waals surface area contributed by atoms with Crippen molar-refractivity contribution in [3.8, 4) is 5.75 Å². The molecule has 0 spiro atoms. The van der Waals surface area contributed by atoms with Gasteiger partial charge >= 0.3 is 6.03 Å². The molecule has 23 heavy (non-hydrogen) atoms. The Kier molecular flexibility index (Phi) is 5.93. The molecule has 2 rings (SSSR count). The molecular weight excluding hydrogens is 316 g/mol. The number of carbonyl (C=O) groups is 2. The second kappa shape index (κ2) is 8.14. The molecule has 1 heterocycles. The predicted octanol–water partition coefficient (Wildman–Crippen LogP) is 2.47. The third-order valence-electron chi connectivity index (χ3n) is 3.01. The first-order chi connectivity index (χ1) is 11.1. The molecule has 0 radical (unpaired) electrons. The summed E-state index contributed by atoms with van der Waals surface area (Å²) in [6.45, 7) is 0. The van der Waals surface area contributed by atoms with Gasteiger partial charge < -0.3 is 15.4 Å². The summed E-state index contributed by atoms with van der Waals surface area (Å²) in [4.78, 5) is 27.4. The number of ether oxygens (including phenoxy) is 1. The van der Waals surface area contributed by atoms with Crippen LogP contribution in [0.2, 0.25) is 0 Å². The Morgan fingerprint density at radius 3 is 2.61 bits per heavy atom. The largest absolute Gasteiger partial charge is 0.497 e. The van der Waals surface area contributed by atoms with E-state index in [0.29, 0.717) is 23.7 Å². The van der Waals surface area contributed by atoms with E-state index in [2.05, 4.69) is 20.9 Å². The van der Waals surface area contributed by atoms with E-state index in [-0.39, 0.29) is 11.9 Å². The molecule has 0 bridgehead atoms. The quantitative estimate of drug-likeness (QED) is 0.757. The van der Waals surface area contributed by atoms with Crippen molar-refractivity contribution in [2.45, 2.75) is 12.8 Å². The van der Waals surface area contributed by atoms with Crippen LogP contribution in [0.3, 0.4) is 0 Å². The lowest BCUT2D eigenvalue weighted by atomic mass is 10.2. The van der Waals surface area contributed by atoms with Gasteiger partial charge in [-0.05, 0) is 30.7 Å². The number of benzene rings is 1. The van der Waals surface area contributed by atoms with Crippen molar-refractivity contribution in [1.29, 1.82) is 0 Å². The van der Waals surface area contributed by atoms with Crippen LogP contribution in [0.5, 0.6) is 5.75 Å². The van der Waals surface area contributed by atoms with E-state index >= 15 is 0 Å². The number of rotatable bonds is 6. The second-order valence-corrected chi connectivity index (χ2v) is 5.48. The fraction of sp³-hybridized carbons (Fsp3) is 0.267. The van der Waals surface area contributed by atoms with Crippen molar-refractivity contribution >= 4 is 34.1 Å². The van der Waals surface area contributed by atoms with Crippen LogP contribution in [-0.2, 0) is 11.2 Å². The lowest BCUT2D eigenvalue weighted by Crippen LogP contribution is -2.19. The molecule has 0 fully saturated rings. The summed E-state index contributed by atoms with van der Waals surface area (Å²) >= 11 is 1.32. The van der Waals surface area contributed by atoms with Gasteiger partial charge in [-0.25, -0.2) is 9.78 Å². The fourth-order valence-corrected chi connectivity index (χ4v) is 2.52. The van der Waals surface area contributed by atoms with E-state index in [9.17, 15) is 9.59 Å². The van der Waals surface area contributed by atoms with Crippen LogP contribution >= 0.6 is 11.3 Å². The van der Waals surface area contributed by atoms with Crippen molar-refractivity contribution in [1.82, 2.24) is 10.3 Å². The van der Waals surface area contributed by atoms with Crippen LogP contribution in [0.25, 0.3) is 0 Å².